The first-order valence-corrected chi connectivity index (χ1v) is 6.84. The summed E-state index contributed by atoms with van der Waals surface area (Å²) in [6.07, 6.45) is 0.780. The predicted molar refractivity (Wildman–Crippen MR) is 70.8 cm³/mol. The smallest absolute Gasteiger partial charge is 0.159 e. The summed E-state index contributed by atoms with van der Waals surface area (Å²) >= 11 is 1.64. The van der Waals surface area contributed by atoms with Crippen molar-refractivity contribution < 1.29 is 8.78 Å². The fraction of sp³-hybridized carbons (Fsp3) is 0.286. The van der Waals surface area contributed by atoms with Crippen molar-refractivity contribution in [1.82, 2.24) is 5.32 Å². The van der Waals surface area contributed by atoms with Gasteiger partial charge in [-0.3, -0.25) is 0 Å². The van der Waals surface area contributed by atoms with Gasteiger partial charge in [0, 0.05) is 6.04 Å². The average molecular weight is 267 g/mol. The second-order valence-corrected chi connectivity index (χ2v) is 4.90. The Bertz CT molecular complexity index is 497. The molecule has 1 N–H and O–H groups in total. The van der Waals surface area contributed by atoms with Crippen LogP contribution in [0.15, 0.2) is 35.0 Å². The van der Waals surface area contributed by atoms with Gasteiger partial charge in [-0.05, 0) is 53.1 Å². The van der Waals surface area contributed by atoms with E-state index in [2.05, 4.69) is 16.8 Å². The van der Waals surface area contributed by atoms with E-state index in [4.69, 9.17) is 0 Å². The number of hydrogen-bond donors (Lipinski definition) is 1. The standard InChI is InChI=1S/C14H15F2NS/c1-2-17-14(7-10-5-6-18-9-10)11-3-4-12(15)13(16)8-11/h3-6,8-9,14,17H,2,7H2,1H3. The molecule has 0 saturated heterocycles. The first-order chi connectivity index (χ1) is 8.70. The summed E-state index contributed by atoms with van der Waals surface area (Å²) in [5.41, 5.74) is 1.98. The van der Waals surface area contributed by atoms with Gasteiger partial charge in [0.2, 0.25) is 0 Å². The van der Waals surface area contributed by atoms with Gasteiger partial charge in [0.05, 0.1) is 0 Å². The summed E-state index contributed by atoms with van der Waals surface area (Å²) < 4.78 is 26.2. The van der Waals surface area contributed by atoms with Crippen LogP contribution in [0.2, 0.25) is 0 Å². The zero-order valence-electron chi connectivity index (χ0n) is 10.1. The van der Waals surface area contributed by atoms with E-state index in [0.29, 0.717) is 0 Å². The molecule has 1 heterocycles. The van der Waals surface area contributed by atoms with Crippen LogP contribution in [0.1, 0.15) is 24.1 Å². The van der Waals surface area contributed by atoms with Crippen molar-refractivity contribution in [2.75, 3.05) is 6.54 Å². The molecule has 0 aliphatic rings. The summed E-state index contributed by atoms with van der Waals surface area (Å²) in [6.45, 7) is 2.79. The SMILES string of the molecule is CCNC(Cc1ccsc1)c1ccc(F)c(F)c1. The van der Waals surface area contributed by atoms with Crippen LogP contribution < -0.4 is 5.32 Å². The lowest BCUT2D eigenvalue weighted by molar-refractivity contribution is 0.497. The van der Waals surface area contributed by atoms with Crippen molar-refractivity contribution in [1.29, 1.82) is 0 Å². The molecule has 1 unspecified atom stereocenters. The van der Waals surface area contributed by atoms with Crippen LogP contribution in [-0.4, -0.2) is 6.54 Å². The monoisotopic (exact) mass is 267 g/mol. The average Bonchev–Trinajstić information content (AvgIpc) is 2.85. The van der Waals surface area contributed by atoms with E-state index in [0.717, 1.165) is 18.5 Å². The maximum atomic E-state index is 13.3. The molecule has 0 spiro atoms. The summed E-state index contributed by atoms with van der Waals surface area (Å²) in [5, 5.41) is 7.39. The molecule has 0 radical (unpaired) electrons. The summed E-state index contributed by atoms with van der Waals surface area (Å²) in [5.74, 6) is -1.59. The van der Waals surface area contributed by atoms with Crippen LogP contribution in [0.25, 0.3) is 0 Å². The lowest BCUT2D eigenvalue weighted by Crippen LogP contribution is -2.23. The van der Waals surface area contributed by atoms with E-state index in [1.807, 2.05) is 12.3 Å². The third-order valence-corrected chi connectivity index (χ3v) is 3.55. The van der Waals surface area contributed by atoms with Crippen molar-refractivity contribution in [3.63, 3.8) is 0 Å². The molecule has 1 aromatic heterocycles. The molecule has 0 saturated carbocycles. The number of likely N-dealkylation sites (N-methyl/N-ethyl adjacent to an activating group) is 1. The topological polar surface area (TPSA) is 12.0 Å². The molecule has 0 amide bonds. The minimum absolute atomic E-state index is 0.0136. The normalized spacial score (nSPS) is 12.6. The zero-order chi connectivity index (χ0) is 13.0. The summed E-state index contributed by atoms with van der Waals surface area (Å²) in [4.78, 5) is 0. The van der Waals surface area contributed by atoms with Crippen LogP contribution in [0.5, 0.6) is 0 Å². The second-order valence-electron chi connectivity index (χ2n) is 4.12. The highest BCUT2D eigenvalue weighted by Crippen LogP contribution is 2.21. The molecule has 18 heavy (non-hydrogen) atoms. The Hall–Kier alpha value is -1.26. The molecule has 0 aliphatic heterocycles. The molecule has 4 heteroatoms. The van der Waals surface area contributed by atoms with Crippen LogP contribution in [0.3, 0.4) is 0 Å². The van der Waals surface area contributed by atoms with Gasteiger partial charge in [0.15, 0.2) is 11.6 Å². The minimum Gasteiger partial charge on any atom is -0.310 e. The Morgan fingerprint density at radius 1 is 1.22 bits per heavy atom. The molecule has 1 atom stereocenters. The van der Waals surface area contributed by atoms with E-state index >= 15 is 0 Å². The number of thiophene rings is 1. The molecule has 2 aromatic rings. The molecular weight excluding hydrogens is 252 g/mol. The highest BCUT2D eigenvalue weighted by Gasteiger charge is 2.13. The Morgan fingerprint density at radius 3 is 2.67 bits per heavy atom. The second kappa shape index (κ2) is 6.07. The minimum atomic E-state index is -0.801. The Labute approximate surface area is 109 Å². The van der Waals surface area contributed by atoms with Crippen LogP contribution in [0.4, 0.5) is 8.78 Å². The molecule has 1 nitrogen and oxygen atoms in total. The largest absolute Gasteiger partial charge is 0.310 e. The van der Waals surface area contributed by atoms with Gasteiger partial charge in [-0.15, -0.1) is 0 Å². The first kappa shape index (κ1) is 13.2. The van der Waals surface area contributed by atoms with Crippen LogP contribution >= 0.6 is 11.3 Å². The van der Waals surface area contributed by atoms with E-state index in [9.17, 15) is 8.78 Å². The maximum Gasteiger partial charge on any atom is 0.159 e. The highest BCUT2D eigenvalue weighted by atomic mass is 32.1. The fourth-order valence-corrected chi connectivity index (χ4v) is 2.61. The molecule has 0 aliphatic carbocycles. The van der Waals surface area contributed by atoms with Gasteiger partial charge >= 0.3 is 0 Å². The number of nitrogens with one attached hydrogen (secondary N) is 1. The number of halogens is 2. The number of rotatable bonds is 5. The maximum absolute atomic E-state index is 13.3. The van der Waals surface area contributed by atoms with Crippen LogP contribution in [-0.2, 0) is 6.42 Å². The number of benzene rings is 1. The summed E-state index contributed by atoms with van der Waals surface area (Å²) in [6, 6.07) is 6.16. The fourth-order valence-electron chi connectivity index (χ4n) is 1.93. The van der Waals surface area contributed by atoms with Crippen molar-refractivity contribution >= 4 is 11.3 Å². The zero-order valence-corrected chi connectivity index (χ0v) is 10.9. The van der Waals surface area contributed by atoms with Crippen molar-refractivity contribution in [3.8, 4) is 0 Å². The lowest BCUT2D eigenvalue weighted by Gasteiger charge is -2.18. The Kier molecular flexibility index (Phi) is 4.44. The van der Waals surface area contributed by atoms with Crippen molar-refractivity contribution in [3.05, 3.63) is 57.8 Å². The molecule has 0 bridgehead atoms. The van der Waals surface area contributed by atoms with Gasteiger partial charge in [0.1, 0.15) is 0 Å². The van der Waals surface area contributed by atoms with E-state index in [1.54, 1.807) is 17.4 Å². The molecule has 0 fully saturated rings. The Balaban J connectivity index is 2.20. The van der Waals surface area contributed by atoms with Crippen molar-refractivity contribution in [2.45, 2.75) is 19.4 Å². The highest BCUT2D eigenvalue weighted by molar-refractivity contribution is 7.07. The third kappa shape index (κ3) is 3.15. The number of hydrogen-bond acceptors (Lipinski definition) is 2. The molecule has 1 aromatic carbocycles. The first-order valence-electron chi connectivity index (χ1n) is 5.90. The van der Waals surface area contributed by atoms with Gasteiger partial charge in [-0.25, -0.2) is 8.78 Å². The lowest BCUT2D eigenvalue weighted by atomic mass is 10.0. The molecular formula is C14H15F2NS. The van der Waals surface area contributed by atoms with Crippen LogP contribution in [0, 0.1) is 11.6 Å². The van der Waals surface area contributed by atoms with E-state index in [-0.39, 0.29) is 6.04 Å². The van der Waals surface area contributed by atoms with Gasteiger partial charge in [-0.2, -0.15) is 11.3 Å². The Morgan fingerprint density at radius 2 is 2.06 bits per heavy atom. The quantitative estimate of drug-likeness (QED) is 0.865. The van der Waals surface area contributed by atoms with Gasteiger partial charge < -0.3 is 5.32 Å². The van der Waals surface area contributed by atoms with Crippen molar-refractivity contribution in [2.24, 2.45) is 0 Å². The van der Waals surface area contributed by atoms with Gasteiger partial charge in [-0.1, -0.05) is 13.0 Å². The summed E-state index contributed by atoms with van der Waals surface area (Å²) in [7, 11) is 0. The van der Waals surface area contributed by atoms with E-state index in [1.165, 1.54) is 17.7 Å². The third-order valence-electron chi connectivity index (χ3n) is 2.82. The molecule has 2 rings (SSSR count). The predicted octanol–water partition coefficient (Wildman–Crippen LogP) is 3.92. The molecule has 96 valence electrons. The van der Waals surface area contributed by atoms with E-state index < -0.39 is 11.6 Å². The van der Waals surface area contributed by atoms with Gasteiger partial charge in [0.25, 0.3) is 0 Å².